The van der Waals surface area contributed by atoms with Crippen LogP contribution in [0.25, 0.3) is 5.69 Å². The Bertz CT molecular complexity index is 1640. The van der Waals surface area contributed by atoms with Crippen LogP contribution in [0, 0.1) is 17.8 Å². The van der Waals surface area contributed by atoms with E-state index in [1.54, 1.807) is 35.3 Å². The first kappa shape index (κ1) is 22.6. The average Bonchev–Trinajstić information content (AvgIpc) is 3.78. The van der Waals surface area contributed by atoms with Crippen molar-refractivity contribution in [3.63, 3.8) is 0 Å². The molecule has 9 nitrogen and oxygen atoms in total. The molecule has 3 fully saturated rings. The van der Waals surface area contributed by atoms with Gasteiger partial charge < -0.3 is 4.74 Å². The largest absolute Gasteiger partial charge is 0.370 e. The molecule has 4 aliphatic heterocycles. The summed E-state index contributed by atoms with van der Waals surface area (Å²) < 4.78 is 6.48. The highest BCUT2D eigenvalue weighted by Crippen LogP contribution is 2.56. The smallest absolute Gasteiger partial charge is 0.240 e. The third-order valence-electron chi connectivity index (χ3n) is 8.14. The number of anilines is 2. The highest BCUT2D eigenvalue weighted by atomic mass is 35.5. The van der Waals surface area contributed by atoms with Crippen LogP contribution >= 0.6 is 11.6 Å². The summed E-state index contributed by atoms with van der Waals surface area (Å²) in [6.45, 7) is 0. The van der Waals surface area contributed by atoms with Crippen molar-refractivity contribution in [1.29, 1.82) is 0 Å². The summed E-state index contributed by atoms with van der Waals surface area (Å²) in [5.74, 6) is -1.91. The Morgan fingerprint density at radius 2 is 1.36 bits per heavy atom. The molecule has 5 heterocycles. The molecule has 0 radical (unpaired) electrons. The normalized spacial score (nSPS) is 28.7. The number of nitrogens with zero attached hydrogens (tertiary/aromatic N) is 6. The lowest BCUT2D eigenvalue weighted by molar-refractivity contribution is -0.125. The summed E-state index contributed by atoms with van der Waals surface area (Å²) in [5, 5.41) is 16.7. The van der Waals surface area contributed by atoms with Gasteiger partial charge in [-0.3, -0.25) is 14.6 Å². The van der Waals surface area contributed by atoms with Crippen LogP contribution in [0.5, 0.6) is 0 Å². The second-order valence-electron chi connectivity index (χ2n) is 10.1. The molecule has 4 aliphatic rings. The number of benzene rings is 3. The number of rotatable bonds is 4. The van der Waals surface area contributed by atoms with Gasteiger partial charge in [-0.05, 0) is 48.5 Å². The van der Waals surface area contributed by atoms with Gasteiger partial charge in [-0.1, -0.05) is 48.0 Å². The zero-order chi connectivity index (χ0) is 26.2. The van der Waals surface area contributed by atoms with E-state index >= 15 is 0 Å². The van der Waals surface area contributed by atoms with Gasteiger partial charge in [0.05, 0.1) is 65.0 Å². The van der Waals surface area contributed by atoms with Crippen molar-refractivity contribution in [2.75, 3.05) is 9.91 Å². The third-order valence-corrected chi connectivity index (χ3v) is 8.39. The molecule has 6 atom stereocenters. The van der Waals surface area contributed by atoms with Crippen LogP contribution in [0.15, 0.2) is 96.2 Å². The summed E-state index contributed by atoms with van der Waals surface area (Å²) in [7, 11) is 0. The topological polar surface area (TPSA) is 92.9 Å². The van der Waals surface area contributed by atoms with Crippen LogP contribution < -0.4 is 9.91 Å². The maximum absolute atomic E-state index is 13.8. The van der Waals surface area contributed by atoms with Crippen molar-refractivity contribution in [3.8, 4) is 5.69 Å². The molecule has 3 aromatic carbocycles. The fraction of sp³-hybridized carbons (Fsp3) is 0.207. The number of hydrogen-bond acceptors (Lipinski definition) is 7. The van der Waals surface area contributed by atoms with E-state index in [0.29, 0.717) is 22.1 Å². The molecule has 0 aliphatic carbocycles. The maximum Gasteiger partial charge on any atom is 0.240 e. The number of halogens is 1. The predicted molar refractivity (Wildman–Crippen MR) is 144 cm³/mol. The van der Waals surface area contributed by atoms with Gasteiger partial charge in [0.25, 0.3) is 0 Å². The van der Waals surface area contributed by atoms with Crippen LogP contribution in [-0.4, -0.2) is 50.8 Å². The highest BCUT2D eigenvalue weighted by Gasteiger charge is 2.72. The Kier molecular flexibility index (Phi) is 4.83. The number of para-hydroxylation sites is 2. The van der Waals surface area contributed by atoms with Gasteiger partial charge in [0.2, 0.25) is 11.8 Å². The van der Waals surface area contributed by atoms with E-state index in [2.05, 4.69) is 5.10 Å². The van der Waals surface area contributed by atoms with E-state index in [0.717, 1.165) is 11.4 Å². The van der Waals surface area contributed by atoms with Gasteiger partial charge in [-0.2, -0.15) is 15.0 Å². The number of fused-ring (bicyclic) bond motifs is 8. The quantitative estimate of drug-likeness (QED) is 0.369. The van der Waals surface area contributed by atoms with Gasteiger partial charge in [0.15, 0.2) is 0 Å². The summed E-state index contributed by atoms with van der Waals surface area (Å²) in [5.41, 5.74) is 3.57. The van der Waals surface area contributed by atoms with Crippen LogP contribution in [0.3, 0.4) is 0 Å². The van der Waals surface area contributed by atoms with Gasteiger partial charge >= 0.3 is 0 Å². The molecule has 4 aromatic rings. The van der Waals surface area contributed by atoms with E-state index in [4.69, 9.17) is 26.5 Å². The molecule has 192 valence electrons. The second kappa shape index (κ2) is 8.33. The third kappa shape index (κ3) is 3.20. The molecule has 0 saturated carbocycles. The van der Waals surface area contributed by atoms with Crippen LogP contribution in [0.2, 0.25) is 5.02 Å². The average molecular weight is 537 g/mol. The lowest BCUT2D eigenvalue weighted by Crippen LogP contribution is -2.50. The van der Waals surface area contributed by atoms with Crippen molar-refractivity contribution in [1.82, 2.24) is 15.0 Å². The molecule has 0 unspecified atom stereocenters. The first-order valence-electron chi connectivity index (χ1n) is 12.8. The molecule has 2 bridgehead atoms. The van der Waals surface area contributed by atoms with Crippen molar-refractivity contribution in [2.24, 2.45) is 22.9 Å². The van der Waals surface area contributed by atoms with Crippen LogP contribution in [-0.2, 0) is 14.3 Å². The van der Waals surface area contributed by atoms with Gasteiger partial charge in [-0.15, -0.1) is 5.10 Å². The molecule has 0 N–H and O–H groups in total. The number of hydrazone groups is 1. The SMILES string of the molecule is O=C1[C@@H]2[C@@H]3O[C@H]([C@@H]2C(=O)N1c1ccc(Cl)cc1)[C@@H]1[C@H]3C(c2cnn(-c3ccccc3)n2)=NN1c1ccccc1. The van der Waals surface area contributed by atoms with Gasteiger partial charge in [0, 0.05) is 5.02 Å². The molecule has 1 aromatic heterocycles. The van der Waals surface area contributed by atoms with Crippen molar-refractivity contribution < 1.29 is 14.3 Å². The first-order chi connectivity index (χ1) is 19.1. The fourth-order valence-corrected chi connectivity index (χ4v) is 6.68. The maximum atomic E-state index is 13.8. The summed E-state index contributed by atoms with van der Waals surface area (Å²) in [4.78, 5) is 30.3. The molecule has 10 heteroatoms. The zero-order valence-corrected chi connectivity index (χ0v) is 21.2. The molecule has 8 rings (SSSR count). The molecule has 3 saturated heterocycles. The van der Waals surface area contributed by atoms with Gasteiger partial charge in [-0.25, -0.2) is 4.90 Å². The Morgan fingerprint density at radius 1 is 0.718 bits per heavy atom. The lowest BCUT2D eigenvalue weighted by atomic mass is 9.70. The molecule has 0 spiro atoms. The van der Waals surface area contributed by atoms with E-state index in [1.807, 2.05) is 65.7 Å². The Hall–Kier alpha value is -4.34. The lowest BCUT2D eigenvalue weighted by Gasteiger charge is -2.32. The number of carbonyl (C=O) groups is 2. The van der Waals surface area contributed by atoms with E-state index in [9.17, 15) is 9.59 Å². The summed E-state index contributed by atoms with van der Waals surface area (Å²) in [6, 6.07) is 26.0. The standard InChI is InChI=1S/C29H21ClN6O3/c30-16-11-13-17(14-12-16)34-28(37)21-22(29(34)38)27-25-23(26(21)39-27)24(33-35(25)18-7-3-1-4-8-18)20-15-31-36(32-20)19-9-5-2-6-10-19/h1-15,21-23,25-27H/t21-,22+,23+,25-,26-,27+/m0/s1. The number of aromatic nitrogens is 3. The minimum atomic E-state index is -0.593. The number of carbonyl (C=O) groups excluding carboxylic acids is 2. The second-order valence-corrected chi connectivity index (χ2v) is 10.6. The minimum absolute atomic E-state index is 0.241. The van der Waals surface area contributed by atoms with Gasteiger partial charge in [0.1, 0.15) is 5.69 Å². The zero-order valence-electron chi connectivity index (χ0n) is 20.4. The number of ether oxygens (including phenoxy) is 1. The Labute approximate surface area is 228 Å². The van der Waals surface area contributed by atoms with E-state index < -0.39 is 24.0 Å². The number of imide groups is 1. The molecular weight excluding hydrogens is 516 g/mol. The van der Waals surface area contributed by atoms with E-state index in [-0.39, 0.29) is 23.8 Å². The van der Waals surface area contributed by atoms with Crippen molar-refractivity contribution >= 4 is 40.5 Å². The number of amides is 2. The van der Waals surface area contributed by atoms with Crippen LogP contribution in [0.1, 0.15) is 5.69 Å². The fourth-order valence-electron chi connectivity index (χ4n) is 6.56. The first-order valence-corrected chi connectivity index (χ1v) is 13.2. The summed E-state index contributed by atoms with van der Waals surface area (Å²) in [6.07, 6.45) is 0.695. The number of hydrogen-bond donors (Lipinski definition) is 0. The monoisotopic (exact) mass is 536 g/mol. The highest BCUT2D eigenvalue weighted by molar-refractivity contribution is 6.31. The predicted octanol–water partition coefficient (Wildman–Crippen LogP) is 3.72. The Morgan fingerprint density at radius 3 is 2.05 bits per heavy atom. The van der Waals surface area contributed by atoms with Crippen LogP contribution in [0.4, 0.5) is 11.4 Å². The molecular formula is C29H21ClN6O3. The minimum Gasteiger partial charge on any atom is -0.370 e. The van der Waals surface area contributed by atoms with Crippen molar-refractivity contribution in [2.45, 2.75) is 18.2 Å². The van der Waals surface area contributed by atoms with E-state index in [1.165, 1.54) is 4.90 Å². The van der Waals surface area contributed by atoms with Crippen molar-refractivity contribution in [3.05, 3.63) is 102 Å². The molecule has 39 heavy (non-hydrogen) atoms. The Balaban J connectivity index is 1.20. The molecule has 2 amide bonds. The summed E-state index contributed by atoms with van der Waals surface area (Å²) >= 11 is 6.06.